The number of benzene rings is 2. The van der Waals surface area contributed by atoms with Gasteiger partial charge in [0.25, 0.3) is 11.6 Å². The summed E-state index contributed by atoms with van der Waals surface area (Å²) in [6.07, 6.45) is 1.17. The normalized spacial score (nSPS) is 17.1. The number of nitrogens with zero attached hydrogens (tertiary/aromatic N) is 2. The SMILES string of the molecule is O=C(Nc1ccc(Cl)cc1F)c1ccc(SCC(=O)N2CCC3(CC2)OCCO3)c([N+](=O)[O-])c1. The molecule has 4 rings (SSSR count). The Kier molecular flexibility index (Phi) is 7.36. The summed E-state index contributed by atoms with van der Waals surface area (Å²) < 4.78 is 25.3. The van der Waals surface area contributed by atoms with Crippen LogP contribution < -0.4 is 5.32 Å². The summed E-state index contributed by atoms with van der Waals surface area (Å²) in [5.74, 6) is -2.16. The predicted molar refractivity (Wildman–Crippen MR) is 124 cm³/mol. The maximum absolute atomic E-state index is 14.0. The largest absolute Gasteiger partial charge is 0.347 e. The van der Waals surface area contributed by atoms with E-state index in [0.29, 0.717) is 39.1 Å². The number of ether oxygens (including phenoxy) is 2. The average Bonchev–Trinajstić information content (AvgIpc) is 3.27. The van der Waals surface area contributed by atoms with Crippen molar-refractivity contribution in [1.29, 1.82) is 0 Å². The highest BCUT2D eigenvalue weighted by Crippen LogP contribution is 2.33. The van der Waals surface area contributed by atoms with Crippen molar-refractivity contribution in [3.63, 3.8) is 0 Å². The third-order valence-electron chi connectivity index (χ3n) is 5.64. The molecule has 0 aromatic heterocycles. The van der Waals surface area contributed by atoms with Crippen LogP contribution >= 0.6 is 23.4 Å². The number of rotatable bonds is 6. The lowest BCUT2D eigenvalue weighted by molar-refractivity contribution is -0.387. The zero-order valence-corrected chi connectivity index (χ0v) is 19.5. The minimum absolute atomic E-state index is 0.0110. The highest BCUT2D eigenvalue weighted by atomic mass is 35.5. The number of halogens is 2. The highest BCUT2D eigenvalue weighted by Gasteiger charge is 2.40. The second-order valence-electron chi connectivity index (χ2n) is 7.79. The van der Waals surface area contributed by atoms with Crippen LogP contribution in [0.4, 0.5) is 15.8 Å². The standard InChI is InChI=1S/C22H21ClFN3O6S/c23-15-2-3-17(16(24)12-15)25-21(29)14-1-4-19(18(11-14)27(30)31)34-13-20(28)26-7-5-22(6-8-26)32-9-10-33-22/h1-4,11-12H,5-10,13H2,(H,25,29). The molecule has 180 valence electrons. The van der Waals surface area contributed by atoms with Gasteiger partial charge in [-0.05, 0) is 30.3 Å². The van der Waals surface area contributed by atoms with Gasteiger partial charge in [-0.1, -0.05) is 11.6 Å². The van der Waals surface area contributed by atoms with Gasteiger partial charge < -0.3 is 19.7 Å². The van der Waals surface area contributed by atoms with Gasteiger partial charge >= 0.3 is 0 Å². The van der Waals surface area contributed by atoms with Crippen LogP contribution in [0.3, 0.4) is 0 Å². The van der Waals surface area contributed by atoms with Crippen LogP contribution in [0.1, 0.15) is 23.2 Å². The molecule has 12 heteroatoms. The van der Waals surface area contributed by atoms with Crippen molar-refractivity contribution in [2.45, 2.75) is 23.5 Å². The van der Waals surface area contributed by atoms with Crippen LogP contribution in [0.2, 0.25) is 5.02 Å². The first-order valence-corrected chi connectivity index (χ1v) is 11.9. The van der Waals surface area contributed by atoms with Crippen LogP contribution in [0, 0.1) is 15.9 Å². The van der Waals surface area contributed by atoms with Crippen LogP contribution in [0.15, 0.2) is 41.3 Å². The lowest BCUT2D eigenvalue weighted by Gasteiger charge is -2.37. The molecule has 2 aromatic rings. The molecule has 0 radical (unpaired) electrons. The van der Waals surface area contributed by atoms with Crippen LogP contribution in [-0.2, 0) is 14.3 Å². The maximum Gasteiger partial charge on any atom is 0.283 e. The lowest BCUT2D eigenvalue weighted by atomic mass is 10.0. The zero-order chi connectivity index (χ0) is 24.3. The lowest BCUT2D eigenvalue weighted by Crippen LogP contribution is -2.47. The van der Waals surface area contributed by atoms with Gasteiger partial charge in [-0.15, -0.1) is 11.8 Å². The third kappa shape index (κ3) is 5.49. The summed E-state index contributed by atoms with van der Waals surface area (Å²) >= 11 is 6.73. The summed E-state index contributed by atoms with van der Waals surface area (Å²) in [4.78, 5) is 38.1. The van der Waals surface area contributed by atoms with E-state index in [0.717, 1.165) is 23.9 Å². The molecule has 2 fully saturated rings. The first-order chi connectivity index (χ1) is 16.3. The quantitative estimate of drug-likeness (QED) is 0.354. The minimum Gasteiger partial charge on any atom is -0.347 e. The summed E-state index contributed by atoms with van der Waals surface area (Å²) in [5.41, 5.74) is -0.431. The van der Waals surface area contributed by atoms with E-state index in [1.165, 1.54) is 24.3 Å². The second-order valence-corrected chi connectivity index (χ2v) is 9.25. The van der Waals surface area contributed by atoms with E-state index in [1.807, 2.05) is 0 Å². The van der Waals surface area contributed by atoms with E-state index in [-0.39, 0.29) is 38.5 Å². The zero-order valence-electron chi connectivity index (χ0n) is 17.9. The first-order valence-electron chi connectivity index (χ1n) is 10.5. The molecule has 9 nitrogen and oxygen atoms in total. The molecule has 2 saturated heterocycles. The second kappa shape index (κ2) is 10.3. The Bertz CT molecular complexity index is 1120. The van der Waals surface area contributed by atoms with Crippen molar-refractivity contribution in [2.24, 2.45) is 0 Å². The van der Waals surface area contributed by atoms with Crippen molar-refractivity contribution < 1.29 is 28.4 Å². The number of nitro benzene ring substituents is 1. The number of nitrogens with one attached hydrogen (secondary N) is 1. The fourth-order valence-electron chi connectivity index (χ4n) is 3.82. The fraction of sp³-hybridized carbons (Fsp3) is 0.364. The molecule has 0 bridgehead atoms. The van der Waals surface area contributed by atoms with Gasteiger partial charge in [0.05, 0.1) is 34.5 Å². The van der Waals surface area contributed by atoms with Gasteiger partial charge in [0.1, 0.15) is 5.82 Å². The average molecular weight is 510 g/mol. The molecule has 2 amide bonds. The van der Waals surface area contributed by atoms with E-state index < -0.39 is 22.4 Å². The summed E-state index contributed by atoms with van der Waals surface area (Å²) in [5, 5.41) is 14.1. The number of anilines is 1. The minimum atomic E-state index is -0.726. The number of hydrogen-bond acceptors (Lipinski definition) is 7. The van der Waals surface area contributed by atoms with Crippen molar-refractivity contribution in [2.75, 3.05) is 37.4 Å². The Balaban J connectivity index is 1.39. The topological polar surface area (TPSA) is 111 Å². The van der Waals surface area contributed by atoms with Gasteiger partial charge in [0.15, 0.2) is 5.79 Å². The molecule has 0 unspecified atom stereocenters. The number of carbonyl (C=O) groups excluding carboxylic acids is 2. The fourth-order valence-corrected chi connectivity index (χ4v) is 4.89. The number of hydrogen-bond donors (Lipinski definition) is 1. The first kappa shape index (κ1) is 24.4. The van der Waals surface area contributed by atoms with Gasteiger partial charge in [0.2, 0.25) is 5.91 Å². The maximum atomic E-state index is 14.0. The van der Waals surface area contributed by atoms with E-state index in [4.69, 9.17) is 21.1 Å². The molecule has 2 aliphatic heterocycles. The van der Waals surface area contributed by atoms with E-state index >= 15 is 0 Å². The van der Waals surface area contributed by atoms with Crippen LogP contribution in [0.5, 0.6) is 0 Å². The molecule has 2 aromatic carbocycles. The Morgan fingerprint density at radius 2 is 1.88 bits per heavy atom. The molecule has 0 saturated carbocycles. The van der Waals surface area contributed by atoms with Gasteiger partial charge in [-0.2, -0.15) is 0 Å². The molecule has 0 aliphatic carbocycles. The Hall–Kier alpha value is -2.73. The van der Waals surface area contributed by atoms with Crippen LogP contribution in [0.25, 0.3) is 0 Å². The summed E-state index contributed by atoms with van der Waals surface area (Å²) in [6.45, 7) is 2.08. The smallest absolute Gasteiger partial charge is 0.283 e. The van der Waals surface area contributed by atoms with Crippen molar-refractivity contribution >= 4 is 46.6 Å². The number of carbonyl (C=O) groups is 2. The molecule has 34 heavy (non-hydrogen) atoms. The van der Waals surface area contributed by atoms with Gasteiger partial charge in [-0.25, -0.2) is 4.39 Å². The molecular formula is C22H21ClFN3O6S. The van der Waals surface area contributed by atoms with Gasteiger partial charge in [-0.3, -0.25) is 19.7 Å². The van der Waals surface area contributed by atoms with Crippen molar-refractivity contribution in [3.8, 4) is 0 Å². The third-order valence-corrected chi connectivity index (χ3v) is 6.92. The highest BCUT2D eigenvalue weighted by molar-refractivity contribution is 8.00. The number of likely N-dealkylation sites (tertiary alicyclic amines) is 1. The Labute approximate surface area is 203 Å². The molecule has 0 atom stereocenters. The number of nitro groups is 1. The number of piperidine rings is 1. The molecule has 2 aliphatic rings. The van der Waals surface area contributed by atoms with E-state index in [9.17, 15) is 24.1 Å². The van der Waals surface area contributed by atoms with Crippen molar-refractivity contribution in [3.05, 3.63) is 62.9 Å². The molecule has 1 N–H and O–H groups in total. The van der Waals surface area contributed by atoms with Gasteiger partial charge in [0, 0.05) is 42.6 Å². The van der Waals surface area contributed by atoms with Crippen LogP contribution in [-0.4, -0.2) is 59.5 Å². The number of amides is 2. The molecular weight excluding hydrogens is 489 g/mol. The molecule has 2 heterocycles. The summed E-state index contributed by atoms with van der Waals surface area (Å²) in [7, 11) is 0. The van der Waals surface area contributed by atoms with E-state index in [1.54, 1.807) is 4.90 Å². The Morgan fingerprint density at radius 1 is 1.18 bits per heavy atom. The van der Waals surface area contributed by atoms with E-state index in [2.05, 4.69) is 5.32 Å². The Morgan fingerprint density at radius 3 is 2.53 bits per heavy atom. The molecule has 1 spiro atoms. The monoisotopic (exact) mass is 509 g/mol. The van der Waals surface area contributed by atoms with Crippen molar-refractivity contribution in [1.82, 2.24) is 4.90 Å². The summed E-state index contributed by atoms with van der Waals surface area (Å²) in [6, 6.07) is 7.67. The number of thioether (sulfide) groups is 1. The predicted octanol–water partition coefficient (Wildman–Crippen LogP) is 4.10.